The molecule has 2 N–H and O–H groups in total. The smallest absolute Gasteiger partial charge is 0.255 e. The lowest BCUT2D eigenvalue weighted by molar-refractivity contribution is 0.102. The molecule has 0 aliphatic heterocycles. The van der Waals surface area contributed by atoms with Gasteiger partial charge in [0.1, 0.15) is 0 Å². The third-order valence-corrected chi connectivity index (χ3v) is 3.99. The Balaban J connectivity index is 2.17. The van der Waals surface area contributed by atoms with Crippen LogP contribution in [0.4, 0.5) is 5.69 Å². The molecular weight excluding hydrogens is 296 g/mol. The highest BCUT2D eigenvalue weighted by atomic mass is 32.2. The Labute approximate surface area is 133 Å². The Kier molecular flexibility index (Phi) is 5.59. The maximum Gasteiger partial charge on any atom is 0.255 e. The summed E-state index contributed by atoms with van der Waals surface area (Å²) in [5.41, 5.74) is 2.91. The first-order chi connectivity index (χ1) is 10.6. The lowest BCUT2D eigenvalue weighted by Gasteiger charge is -2.10. The number of aryl methyl sites for hydroxylation is 1. The van der Waals surface area contributed by atoms with Crippen LogP contribution >= 0.6 is 11.8 Å². The van der Waals surface area contributed by atoms with Crippen molar-refractivity contribution in [1.29, 1.82) is 5.26 Å². The molecule has 2 aromatic carbocycles. The largest absolute Gasteiger partial charge is 0.392 e. The van der Waals surface area contributed by atoms with Crippen LogP contribution in [0.2, 0.25) is 0 Å². The fraction of sp³-hybridized carbons (Fsp3) is 0.176. The molecule has 5 heteroatoms. The average molecular weight is 312 g/mol. The minimum Gasteiger partial charge on any atom is -0.392 e. The van der Waals surface area contributed by atoms with Crippen LogP contribution in [0.1, 0.15) is 21.5 Å². The second-order valence-corrected chi connectivity index (χ2v) is 5.78. The van der Waals surface area contributed by atoms with Crippen LogP contribution in [-0.2, 0) is 6.61 Å². The van der Waals surface area contributed by atoms with Gasteiger partial charge in [-0.1, -0.05) is 18.2 Å². The van der Waals surface area contributed by atoms with E-state index in [1.807, 2.05) is 25.1 Å². The summed E-state index contributed by atoms with van der Waals surface area (Å²) in [6.45, 7) is 1.83. The lowest BCUT2D eigenvalue weighted by atomic mass is 10.1. The van der Waals surface area contributed by atoms with Crippen LogP contribution < -0.4 is 5.32 Å². The first kappa shape index (κ1) is 16.1. The minimum atomic E-state index is -0.211. The topological polar surface area (TPSA) is 73.1 Å². The molecule has 2 rings (SSSR count). The number of benzene rings is 2. The number of nitriles is 1. The van der Waals surface area contributed by atoms with Gasteiger partial charge in [-0.15, -0.1) is 11.8 Å². The maximum atomic E-state index is 12.3. The van der Waals surface area contributed by atoms with Crippen molar-refractivity contribution < 1.29 is 9.90 Å². The van der Waals surface area contributed by atoms with Crippen molar-refractivity contribution in [2.24, 2.45) is 0 Å². The molecule has 0 bridgehead atoms. The predicted octanol–water partition coefficient (Wildman–Crippen LogP) is 3.36. The van der Waals surface area contributed by atoms with E-state index in [1.165, 1.54) is 11.8 Å². The van der Waals surface area contributed by atoms with Crippen LogP contribution in [0.15, 0.2) is 47.4 Å². The molecule has 0 fully saturated rings. The van der Waals surface area contributed by atoms with E-state index in [4.69, 9.17) is 5.26 Å². The van der Waals surface area contributed by atoms with Crippen molar-refractivity contribution in [3.8, 4) is 6.07 Å². The van der Waals surface area contributed by atoms with E-state index in [0.717, 1.165) is 16.0 Å². The summed E-state index contributed by atoms with van der Waals surface area (Å²) in [6.07, 6.45) is 0. The highest BCUT2D eigenvalue weighted by Crippen LogP contribution is 2.21. The van der Waals surface area contributed by atoms with Gasteiger partial charge in [0, 0.05) is 16.1 Å². The van der Waals surface area contributed by atoms with E-state index in [0.29, 0.717) is 17.0 Å². The van der Waals surface area contributed by atoms with E-state index < -0.39 is 0 Å². The normalized spacial score (nSPS) is 10.0. The van der Waals surface area contributed by atoms with Gasteiger partial charge < -0.3 is 10.4 Å². The fourth-order valence-corrected chi connectivity index (χ4v) is 2.56. The summed E-state index contributed by atoms with van der Waals surface area (Å²) < 4.78 is 0. The first-order valence-electron chi connectivity index (χ1n) is 6.75. The number of carbonyl (C=O) groups is 1. The van der Waals surface area contributed by atoms with Crippen molar-refractivity contribution in [1.82, 2.24) is 0 Å². The fourth-order valence-electron chi connectivity index (χ4n) is 1.94. The molecule has 1 amide bonds. The number of nitrogens with one attached hydrogen (secondary N) is 1. The maximum absolute atomic E-state index is 12.3. The Morgan fingerprint density at radius 3 is 2.86 bits per heavy atom. The summed E-state index contributed by atoms with van der Waals surface area (Å²) in [7, 11) is 0. The SMILES string of the molecule is Cc1ccc(CO)cc1NC(=O)c1cccc(SCC#N)c1. The summed E-state index contributed by atoms with van der Waals surface area (Å²) >= 11 is 1.39. The van der Waals surface area contributed by atoms with Gasteiger partial charge in [-0.05, 0) is 42.3 Å². The Bertz CT molecular complexity index is 723. The van der Waals surface area contributed by atoms with Gasteiger partial charge in [-0.3, -0.25) is 4.79 Å². The zero-order chi connectivity index (χ0) is 15.9. The molecule has 0 unspecified atom stereocenters. The molecule has 4 nitrogen and oxygen atoms in total. The first-order valence-corrected chi connectivity index (χ1v) is 7.74. The molecule has 0 spiro atoms. The van der Waals surface area contributed by atoms with Crippen molar-refractivity contribution in [2.45, 2.75) is 18.4 Å². The number of nitrogens with zero attached hydrogens (tertiary/aromatic N) is 1. The summed E-state index contributed by atoms with van der Waals surface area (Å²) in [6, 6.07) is 14.7. The van der Waals surface area contributed by atoms with Crippen LogP contribution in [-0.4, -0.2) is 16.8 Å². The van der Waals surface area contributed by atoms with Crippen molar-refractivity contribution in [2.75, 3.05) is 11.1 Å². The van der Waals surface area contributed by atoms with E-state index in [1.54, 1.807) is 24.3 Å². The van der Waals surface area contributed by atoms with E-state index >= 15 is 0 Å². The van der Waals surface area contributed by atoms with Crippen LogP contribution in [0.25, 0.3) is 0 Å². The Hall–Kier alpha value is -2.29. The number of thioether (sulfide) groups is 1. The lowest BCUT2D eigenvalue weighted by Crippen LogP contribution is -2.13. The van der Waals surface area contributed by atoms with Crippen molar-refractivity contribution in [3.63, 3.8) is 0 Å². The monoisotopic (exact) mass is 312 g/mol. The molecule has 112 valence electrons. The zero-order valence-corrected chi connectivity index (χ0v) is 13.0. The molecule has 0 heterocycles. The molecule has 2 aromatic rings. The average Bonchev–Trinajstić information content (AvgIpc) is 2.55. The summed E-state index contributed by atoms with van der Waals surface area (Å²) in [5, 5.41) is 20.7. The van der Waals surface area contributed by atoms with Gasteiger partial charge in [0.25, 0.3) is 5.91 Å². The number of carbonyl (C=O) groups excluding carboxylic acids is 1. The van der Waals surface area contributed by atoms with Crippen molar-refractivity contribution >= 4 is 23.4 Å². The molecular formula is C17H16N2O2S. The predicted molar refractivity (Wildman–Crippen MR) is 87.8 cm³/mol. The molecule has 0 saturated carbocycles. The molecule has 0 aliphatic carbocycles. The van der Waals surface area contributed by atoms with Gasteiger partial charge in [-0.2, -0.15) is 5.26 Å². The van der Waals surface area contributed by atoms with E-state index in [2.05, 4.69) is 11.4 Å². The number of hydrogen-bond acceptors (Lipinski definition) is 4. The van der Waals surface area contributed by atoms with Gasteiger partial charge in [0.15, 0.2) is 0 Å². The number of hydrogen-bond donors (Lipinski definition) is 2. The number of rotatable bonds is 5. The van der Waals surface area contributed by atoms with Crippen LogP contribution in [0, 0.1) is 18.3 Å². The second-order valence-electron chi connectivity index (χ2n) is 4.74. The Morgan fingerprint density at radius 2 is 2.14 bits per heavy atom. The quantitative estimate of drug-likeness (QED) is 0.830. The summed E-state index contributed by atoms with van der Waals surface area (Å²) in [5.74, 6) is 0.139. The van der Waals surface area contributed by atoms with Crippen LogP contribution in [0.5, 0.6) is 0 Å². The van der Waals surface area contributed by atoms with Gasteiger partial charge >= 0.3 is 0 Å². The highest BCUT2D eigenvalue weighted by molar-refractivity contribution is 7.99. The molecule has 0 atom stereocenters. The van der Waals surface area contributed by atoms with Crippen LogP contribution in [0.3, 0.4) is 0 Å². The van der Waals surface area contributed by atoms with E-state index in [9.17, 15) is 9.90 Å². The highest BCUT2D eigenvalue weighted by Gasteiger charge is 2.09. The number of aliphatic hydroxyl groups excluding tert-OH is 1. The minimum absolute atomic E-state index is 0.0660. The molecule has 0 aliphatic rings. The van der Waals surface area contributed by atoms with Gasteiger partial charge in [0.05, 0.1) is 18.4 Å². The zero-order valence-electron chi connectivity index (χ0n) is 12.2. The van der Waals surface area contributed by atoms with Crippen molar-refractivity contribution in [3.05, 3.63) is 59.2 Å². The third kappa shape index (κ3) is 4.10. The number of anilines is 1. The second kappa shape index (κ2) is 7.64. The third-order valence-electron chi connectivity index (χ3n) is 3.13. The molecule has 0 saturated heterocycles. The molecule has 0 radical (unpaired) electrons. The molecule has 22 heavy (non-hydrogen) atoms. The standard InChI is InChI=1S/C17H16N2O2S/c1-12-5-6-13(11-20)9-16(12)19-17(21)14-3-2-4-15(10-14)22-8-7-18/h2-6,9-10,20H,8,11H2,1H3,(H,19,21). The summed E-state index contributed by atoms with van der Waals surface area (Å²) in [4.78, 5) is 13.2. The number of aliphatic hydroxyl groups is 1. The number of amides is 1. The van der Waals surface area contributed by atoms with Gasteiger partial charge in [-0.25, -0.2) is 0 Å². The molecule has 0 aromatic heterocycles. The van der Waals surface area contributed by atoms with Gasteiger partial charge in [0.2, 0.25) is 0 Å². The van der Waals surface area contributed by atoms with E-state index in [-0.39, 0.29) is 12.5 Å². The Morgan fingerprint density at radius 1 is 1.32 bits per heavy atom.